The topological polar surface area (TPSA) is 41.6 Å². The van der Waals surface area contributed by atoms with E-state index in [1.807, 2.05) is 36.4 Å². The Balaban J connectivity index is 1.94. The second kappa shape index (κ2) is 6.36. The zero-order valence-electron chi connectivity index (χ0n) is 11.5. The minimum absolute atomic E-state index is 0.0145. The van der Waals surface area contributed by atoms with Crippen molar-refractivity contribution in [2.45, 2.75) is 12.5 Å². The average molecular weight is 395 g/mol. The first kappa shape index (κ1) is 15.5. The fourth-order valence-electron chi connectivity index (χ4n) is 2.50. The average Bonchev–Trinajstić information content (AvgIpc) is 2.93. The minimum Gasteiger partial charge on any atom is -0.375 e. The molecule has 0 amide bonds. The van der Waals surface area contributed by atoms with Gasteiger partial charge in [0.2, 0.25) is 0 Å². The SMILES string of the molecule is NC(=S)N1N=C(c2ccc(Cl)cc2)CC1c1cccc(Br)c1. The Bertz CT molecular complexity index is 745. The maximum absolute atomic E-state index is 5.94. The smallest absolute Gasteiger partial charge is 0.187 e. The lowest BCUT2D eigenvalue weighted by atomic mass is 9.99. The first-order chi connectivity index (χ1) is 10.5. The molecule has 1 heterocycles. The van der Waals surface area contributed by atoms with E-state index in [4.69, 9.17) is 29.6 Å². The molecule has 2 aromatic rings. The molecule has 0 spiro atoms. The molecule has 1 unspecified atom stereocenters. The Morgan fingerprint density at radius 3 is 2.64 bits per heavy atom. The third kappa shape index (κ3) is 3.16. The minimum atomic E-state index is 0.0145. The van der Waals surface area contributed by atoms with Gasteiger partial charge in [0.1, 0.15) is 0 Å². The molecule has 1 aliphatic heterocycles. The molecule has 0 radical (unpaired) electrons. The lowest BCUT2D eigenvalue weighted by molar-refractivity contribution is 0.372. The van der Waals surface area contributed by atoms with Crippen molar-refractivity contribution < 1.29 is 0 Å². The van der Waals surface area contributed by atoms with Gasteiger partial charge in [-0.3, -0.25) is 0 Å². The molecule has 1 atom stereocenters. The molecule has 2 aromatic carbocycles. The van der Waals surface area contributed by atoms with Gasteiger partial charge in [0, 0.05) is 15.9 Å². The predicted octanol–water partition coefficient (Wildman–Crippen LogP) is 4.50. The van der Waals surface area contributed by atoms with Crippen LogP contribution in [-0.2, 0) is 0 Å². The predicted molar refractivity (Wildman–Crippen MR) is 98.1 cm³/mol. The summed E-state index contributed by atoms with van der Waals surface area (Å²) in [5.41, 5.74) is 8.95. The molecule has 3 rings (SSSR count). The number of nitrogens with zero attached hydrogens (tertiary/aromatic N) is 2. The van der Waals surface area contributed by atoms with Crippen molar-refractivity contribution in [2.24, 2.45) is 10.8 Å². The van der Waals surface area contributed by atoms with Gasteiger partial charge in [-0.1, -0.05) is 51.8 Å². The number of benzene rings is 2. The summed E-state index contributed by atoms with van der Waals surface area (Å²) in [6.07, 6.45) is 0.745. The lowest BCUT2D eigenvalue weighted by Crippen LogP contribution is -2.31. The summed E-state index contributed by atoms with van der Waals surface area (Å²) in [5.74, 6) is 0. The zero-order valence-corrected chi connectivity index (χ0v) is 14.7. The lowest BCUT2D eigenvalue weighted by Gasteiger charge is -2.22. The normalized spacial score (nSPS) is 17.5. The number of rotatable bonds is 2. The van der Waals surface area contributed by atoms with Gasteiger partial charge < -0.3 is 5.73 Å². The van der Waals surface area contributed by atoms with Crippen LogP contribution in [0.3, 0.4) is 0 Å². The molecule has 2 N–H and O–H groups in total. The van der Waals surface area contributed by atoms with Crippen LogP contribution in [0.4, 0.5) is 0 Å². The van der Waals surface area contributed by atoms with E-state index in [9.17, 15) is 0 Å². The van der Waals surface area contributed by atoms with Crippen LogP contribution < -0.4 is 5.73 Å². The highest BCUT2D eigenvalue weighted by molar-refractivity contribution is 9.10. The highest BCUT2D eigenvalue weighted by Gasteiger charge is 2.30. The van der Waals surface area contributed by atoms with Gasteiger partial charge in [0.25, 0.3) is 0 Å². The van der Waals surface area contributed by atoms with Gasteiger partial charge in [0.05, 0.1) is 11.8 Å². The molecule has 0 aliphatic carbocycles. The van der Waals surface area contributed by atoms with Crippen LogP contribution in [0, 0.1) is 0 Å². The fourth-order valence-corrected chi connectivity index (χ4v) is 3.21. The van der Waals surface area contributed by atoms with Crippen LogP contribution in [0.15, 0.2) is 58.1 Å². The van der Waals surface area contributed by atoms with Crippen LogP contribution in [0.5, 0.6) is 0 Å². The van der Waals surface area contributed by atoms with Gasteiger partial charge in [-0.25, -0.2) is 5.01 Å². The molecule has 1 aliphatic rings. The summed E-state index contributed by atoms with van der Waals surface area (Å²) in [7, 11) is 0. The van der Waals surface area contributed by atoms with Crippen molar-refractivity contribution in [1.82, 2.24) is 5.01 Å². The molecular weight excluding hydrogens is 382 g/mol. The van der Waals surface area contributed by atoms with Gasteiger partial charge in [0.15, 0.2) is 5.11 Å². The summed E-state index contributed by atoms with van der Waals surface area (Å²) in [4.78, 5) is 0. The summed E-state index contributed by atoms with van der Waals surface area (Å²) < 4.78 is 1.02. The Hall–Kier alpha value is -1.43. The van der Waals surface area contributed by atoms with E-state index in [1.54, 1.807) is 5.01 Å². The van der Waals surface area contributed by atoms with Crippen molar-refractivity contribution >= 4 is 50.6 Å². The van der Waals surface area contributed by atoms with Crippen LogP contribution in [-0.4, -0.2) is 15.8 Å². The highest BCUT2D eigenvalue weighted by Crippen LogP contribution is 2.33. The number of halogens is 2. The Morgan fingerprint density at radius 1 is 1.27 bits per heavy atom. The number of hydrogen-bond donors (Lipinski definition) is 1. The van der Waals surface area contributed by atoms with Gasteiger partial charge in [-0.05, 0) is 47.6 Å². The molecule has 3 nitrogen and oxygen atoms in total. The summed E-state index contributed by atoms with van der Waals surface area (Å²) in [6.45, 7) is 0. The van der Waals surface area contributed by atoms with E-state index in [-0.39, 0.29) is 11.2 Å². The van der Waals surface area contributed by atoms with Crippen molar-refractivity contribution in [3.05, 3.63) is 69.2 Å². The maximum atomic E-state index is 5.94. The first-order valence-corrected chi connectivity index (χ1v) is 8.30. The largest absolute Gasteiger partial charge is 0.375 e. The van der Waals surface area contributed by atoms with Crippen LogP contribution in [0.1, 0.15) is 23.6 Å². The highest BCUT2D eigenvalue weighted by atomic mass is 79.9. The maximum Gasteiger partial charge on any atom is 0.187 e. The van der Waals surface area contributed by atoms with E-state index in [2.05, 4.69) is 33.2 Å². The van der Waals surface area contributed by atoms with E-state index in [1.165, 1.54) is 0 Å². The monoisotopic (exact) mass is 393 g/mol. The van der Waals surface area contributed by atoms with Crippen molar-refractivity contribution in [2.75, 3.05) is 0 Å². The zero-order chi connectivity index (χ0) is 15.7. The number of nitrogens with two attached hydrogens (primary N) is 1. The molecule has 6 heteroatoms. The van der Waals surface area contributed by atoms with E-state index >= 15 is 0 Å². The van der Waals surface area contributed by atoms with E-state index < -0.39 is 0 Å². The first-order valence-electron chi connectivity index (χ1n) is 6.72. The molecule has 22 heavy (non-hydrogen) atoms. The van der Waals surface area contributed by atoms with Crippen LogP contribution in [0.2, 0.25) is 5.02 Å². The molecule has 112 valence electrons. The van der Waals surface area contributed by atoms with E-state index in [0.717, 1.165) is 27.7 Å². The van der Waals surface area contributed by atoms with Crippen molar-refractivity contribution in [1.29, 1.82) is 0 Å². The van der Waals surface area contributed by atoms with Gasteiger partial charge in [-0.2, -0.15) is 5.10 Å². The van der Waals surface area contributed by atoms with Crippen molar-refractivity contribution in [3.8, 4) is 0 Å². The molecular formula is C16H13BrClN3S. The fraction of sp³-hybridized carbons (Fsp3) is 0.125. The standard InChI is InChI=1S/C16H13BrClN3S/c17-12-3-1-2-11(8-12)15-9-14(20-21(15)16(19)22)10-4-6-13(18)7-5-10/h1-8,15H,9H2,(H2,19,22). The van der Waals surface area contributed by atoms with Crippen molar-refractivity contribution in [3.63, 3.8) is 0 Å². The van der Waals surface area contributed by atoms with Gasteiger partial charge in [-0.15, -0.1) is 0 Å². The second-order valence-electron chi connectivity index (χ2n) is 5.01. The number of hydrazone groups is 1. The Labute approximate surface area is 147 Å². The molecule has 0 fully saturated rings. The van der Waals surface area contributed by atoms with Gasteiger partial charge >= 0.3 is 0 Å². The Kier molecular flexibility index (Phi) is 4.47. The number of thiocarbonyl (C=S) groups is 1. The quantitative estimate of drug-likeness (QED) is 0.763. The summed E-state index contributed by atoms with van der Waals surface area (Å²) in [5, 5.41) is 7.29. The molecule has 0 saturated heterocycles. The Morgan fingerprint density at radius 2 is 2.00 bits per heavy atom. The van der Waals surface area contributed by atoms with Crippen LogP contribution in [0.25, 0.3) is 0 Å². The third-order valence-electron chi connectivity index (χ3n) is 3.55. The third-order valence-corrected chi connectivity index (χ3v) is 4.48. The van der Waals surface area contributed by atoms with Crippen LogP contribution >= 0.6 is 39.7 Å². The summed E-state index contributed by atoms with van der Waals surface area (Å²) >= 11 is 14.6. The molecule has 0 bridgehead atoms. The molecule has 0 saturated carbocycles. The molecule has 0 aromatic heterocycles. The second-order valence-corrected chi connectivity index (χ2v) is 6.78. The van der Waals surface area contributed by atoms with E-state index in [0.29, 0.717) is 5.02 Å². The number of hydrogen-bond acceptors (Lipinski definition) is 2. The summed E-state index contributed by atoms with van der Waals surface area (Å²) in [6, 6.07) is 15.8.